The zero-order chi connectivity index (χ0) is 12.5. The molecule has 3 rings (SSSR count). The summed E-state index contributed by atoms with van der Waals surface area (Å²) in [7, 11) is 0. The zero-order valence-corrected chi connectivity index (χ0v) is 9.59. The molecule has 0 unspecified atom stereocenters. The van der Waals surface area contributed by atoms with E-state index in [0.29, 0.717) is 11.5 Å². The average molecular weight is 240 g/mol. The van der Waals surface area contributed by atoms with E-state index < -0.39 is 0 Å². The van der Waals surface area contributed by atoms with Gasteiger partial charge in [0.15, 0.2) is 11.5 Å². The van der Waals surface area contributed by atoms with Crippen molar-refractivity contribution in [1.29, 1.82) is 0 Å². The Kier molecular flexibility index (Phi) is 2.51. The highest BCUT2D eigenvalue weighted by Crippen LogP contribution is 2.41. The second-order valence-corrected chi connectivity index (χ2v) is 3.99. The van der Waals surface area contributed by atoms with Crippen molar-refractivity contribution in [2.24, 2.45) is 11.8 Å². The van der Waals surface area contributed by atoms with Gasteiger partial charge in [0.2, 0.25) is 0 Å². The third-order valence-corrected chi connectivity index (χ3v) is 3.07. The lowest BCUT2D eigenvalue weighted by Gasteiger charge is -2.13. The van der Waals surface area contributed by atoms with Gasteiger partial charge in [0, 0.05) is 21.5 Å². The summed E-state index contributed by atoms with van der Waals surface area (Å²) in [5, 5.41) is 3.50. The summed E-state index contributed by atoms with van der Waals surface area (Å²) in [5.74, 6) is 12.1. The molecule has 3 aromatic rings. The van der Waals surface area contributed by atoms with E-state index in [1.54, 1.807) is 0 Å². The summed E-state index contributed by atoms with van der Waals surface area (Å²) in [6.07, 6.45) is 0. The first-order chi connectivity index (χ1) is 8.86. The normalized spacial score (nSPS) is 10.8. The summed E-state index contributed by atoms with van der Waals surface area (Å²) in [6.45, 7) is 0. The van der Waals surface area contributed by atoms with E-state index in [9.17, 15) is 0 Å². The van der Waals surface area contributed by atoms with E-state index in [1.807, 2.05) is 48.5 Å². The molecule has 18 heavy (non-hydrogen) atoms. The Bertz CT molecular complexity index is 606. The fourth-order valence-electron chi connectivity index (χ4n) is 2.30. The molecule has 4 heteroatoms. The maximum Gasteiger partial charge on any atom is 0.162 e. The molecule has 0 bridgehead atoms. The van der Waals surface area contributed by atoms with Crippen molar-refractivity contribution in [2.45, 2.75) is 0 Å². The van der Waals surface area contributed by atoms with Gasteiger partial charge in [0.05, 0.1) is 0 Å². The topological polar surface area (TPSA) is 70.5 Å². The van der Waals surface area contributed by atoms with E-state index in [1.165, 1.54) is 0 Å². The smallest absolute Gasteiger partial charge is 0.162 e. The summed E-state index contributed by atoms with van der Waals surface area (Å²) in [4.78, 5) is 10.1. The number of hydrogen-bond donors (Lipinski definition) is 2. The second kappa shape index (κ2) is 4.18. The summed E-state index contributed by atoms with van der Waals surface area (Å²) >= 11 is 0. The fraction of sp³-hybridized carbons (Fsp3) is 0. The summed E-state index contributed by atoms with van der Waals surface area (Å²) in [6, 6.07) is 15.4. The molecule has 0 aliphatic heterocycles. The third-order valence-electron chi connectivity index (χ3n) is 3.07. The van der Waals surface area contributed by atoms with Crippen molar-refractivity contribution >= 4 is 21.5 Å². The van der Waals surface area contributed by atoms with Crippen LogP contribution in [0.1, 0.15) is 0 Å². The lowest BCUT2D eigenvalue weighted by Crippen LogP contribution is -2.06. The Morgan fingerprint density at radius 1 is 0.556 bits per heavy atom. The maximum atomic E-state index is 5.40. The largest absolute Gasteiger partial charge is 0.410 e. The number of fused-ring (bicyclic) bond motifs is 2. The number of hydrogen-bond acceptors (Lipinski definition) is 4. The molecule has 0 saturated carbocycles. The molecule has 4 N–H and O–H groups in total. The Balaban J connectivity index is 2.61. The average Bonchev–Trinajstić information content (AvgIpc) is 2.44. The first-order valence-corrected chi connectivity index (χ1v) is 5.53. The molecule has 0 heterocycles. The second-order valence-electron chi connectivity index (χ2n) is 3.99. The van der Waals surface area contributed by atoms with E-state index in [-0.39, 0.29) is 0 Å². The van der Waals surface area contributed by atoms with Crippen LogP contribution in [0.15, 0.2) is 48.5 Å². The predicted octanol–water partition coefficient (Wildman–Crippen LogP) is 2.50. The Labute approximate surface area is 104 Å². The van der Waals surface area contributed by atoms with Gasteiger partial charge in [-0.3, -0.25) is 0 Å². The van der Waals surface area contributed by atoms with E-state index in [0.717, 1.165) is 21.5 Å². The van der Waals surface area contributed by atoms with Gasteiger partial charge in [-0.15, -0.1) is 0 Å². The first-order valence-electron chi connectivity index (χ1n) is 5.53. The minimum atomic E-state index is 0.627. The molecule has 0 aromatic heterocycles. The molecular weight excluding hydrogens is 228 g/mol. The van der Waals surface area contributed by atoms with E-state index in [4.69, 9.17) is 21.5 Å². The van der Waals surface area contributed by atoms with Crippen molar-refractivity contribution in [1.82, 2.24) is 0 Å². The van der Waals surface area contributed by atoms with Crippen LogP contribution in [0, 0.1) is 0 Å². The van der Waals surface area contributed by atoms with Crippen LogP contribution in [0.4, 0.5) is 0 Å². The van der Waals surface area contributed by atoms with Crippen LogP contribution in [0.5, 0.6) is 11.5 Å². The molecule has 4 nitrogen and oxygen atoms in total. The van der Waals surface area contributed by atoms with Crippen LogP contribution in [-0.2, 0) is 0 Å². The Morgan fingerprint density at radius 3 is 1.06 bits per heavy atom. The highest BCUT2D eigenvalue weighted by molar-refractivity contribution is 6.10. The van der Waals surface area contributed by atoms with Crippen molar-refractivity contribution in [3.05, 3.63) is 48.5 Å². The van der Waals surface area contributed by atoms with Gasteiger partial charge in [-0.2, -0.15) is 11.8 Å². The molecular formula is C14H12N2O2. The first kappa shape index (κ1) is 10.8. The summed E-state index contributed by atoms with van der Waals surface area (Å²) in [5.41, 5.74) is 0. The minimum absolute atomic E-state index is 0.627. The van der Waals surface area contributed by atoms with Crippen molar-refractivity contribution < 1.29 is 9.68 Å². The molecule has 0 saturated heterocycles. The third kappa shape index (κ3) is 1.40. The van der Waals surface area contributed by atoms with Crippen LogP contribution < -0.4 is 21.5 Å². The standard InChI is InChI=1S/C14H12N2O2/c15-17-13-9-5-1-2-6-10(9)14(18-16)12-8-4-3-7-11(12)13/h1-8H,15-16H2. The summed E-state index contributed by atoms with van der Waals surface area (Å²) < 4.78 is 0. The highest BCUT2D eigenvalue weighted by atomic mass is 16.6. The fourth-order valence-corrected chi connectivity index (χ4v) is 2.30. The quantitative estimate of drug-likeness (QED) is 0.533. The van der Waals surface area contributed by atoms with Gasteiger partial charge >= 0.3 is 0 Å². The van der Waals surface area contributed by atoms with Crippen molar-refractivity contribution in [2.75, 3.05) is 0 Å². The molecule has 0 aliphatic rings. The van der Waals surface area contributed by atoms with Gasteiger partial charge in [-0.1, -0.05) is 48.5 Å². The lowest BCUT2D eigenvalue weighted by atomic mass is 10.0. The molecule has 0 atom stereocenters. The minimum Gasteiger partial charge on any atom is -0.410 e. The van der Waals surface area contributed by atoms with Gasteiger partial charge in [-0.05, 0) is 0 Å². The highest BCUT2D eigenvalue weighted by Gasteiger charge is 2.14. The number of benzene rings is 3. The molecule has 3 aromatic carbocycles. The van der Waals surface area contributed by atoms with Crippen LogP contribution in [0.2, 0.25) is 0 Å². The van der Waals surface area contributed by atoms with Crippen LogP contribution >= 0.6 is 0 Å². The van der Waals surface area contributed by atoms with E-state index in [2.05, 4.69) is 0 Å². The zero-order valence-electron chi connectivity index (χ0n) is 9.59. The molecule has 0 aliphatic carbocycles. The molecule has 0 fully saturated rings. The van der Waals surface area contributed by atoms with Gasteiger partial charge in [-0.25, -0.2) is 0 Å². The molecule has 0 radical (unpaired) electrons. The van der Waals surface area contributed by atoms with Gasteiger partial charge < -0.3 is 9.68 Å². The molecule has 0 amide bonds. The van der Waals surface area contributed by atoms with Crippen molar-refractivity contribution in [3.8, 4) is 11.5 Å². The van der Waals surface area contributed by atoms with Gasteiger partial charge in [0.1, 0.15) is 0 Å². The van der Waals surface area contributed by atoms with Gasteiger partial charge in [0.25, 0.3) is 0 Å². The van der Waals surface area contributed by atoms with E-state index >= 15 is 0 Å². The van der Waals surface area contributed by atoms with Crippen molar-refractivity contribution in [3.63, 3.8) is 0 Å². The SMILES string of the molecule is NOc1c2ccccc2c(ON)c2ccccc12. The Morgan fingerprint density at radius 2 is 0.833 bits per heavy atom. The van der Waals surface area contributed by atoms with Crippen LogP contribution in [0.25, 0.3) is 21.5 Å². The number of nitrogens with two attached hydrogens (primary N) is 2. The predicted molar refractivity (Wildman–Crippen MR) is 71.1 cm³/mol. The maximum absolute atomic E-state index is 5.40. The van der Waals surface area contributed by atoms with Crippen LogP contribution in [0.3, 0.4) is 0 Å². The monoisotopic (exact) mass is 240 g/mol. The molecule has 0 spiro atoms. The number of rotatable bonds is 2. The van der Waals surface area contributed by atoms with Crippen LogP contribution in [-0.4, -0.2) is 0 Å². The molecule has 90 valence electrons. The Hall–Kier alpha value is -2.30. The lowest BCUT2D eigenvalue weighted by molar-refractivity contribution is 0.337.